The molecule has 0 bridgehead atoms. The largest absolute Gasteiger partial charge is 0.450 e. The predicted octanol–water partition coefficient (Wildman–Crippen LogP) is 3.47. The van der Waals surface area contributed by atoms with Gasteiger partial charge in [0.15, 0.2) is 0 Å². The number of nitrogens with zero attached hydrogens (tertiary/aromatic N) is 2. The molecule has 0 radical (unpaired) electrons. The fourth-order valence-electron chi connectivity index (χ4n) is 2.68. The zero-order valence-corrected chi connectivity index (χ0v) is 14.7. The van der Waals surface area contributed by atoms with Crippen LogP contribution in [-0.2, 0) is 4.74 Å². The van der Waals surface area contributed by atoms with E-state index in [0.717, 1.165) is 10.4 Å². The number of piperazine rings is 1. The number of carbonyl (C=O) groups excluding carboxylic acids is 2. The normalized spacial score (nSPS) is 14.5. The van der Waals surface area contributed by atoms with Gasteiger partial charge in [0.05, 0.1) is 11.5 Å². The van der Waals surface area contributed by atoms with E-state index in [1.807, 2.05) is 6.07 Å². The number of rotatable bonds is 3. The Labute approximate surface area is 149 Å². The van der Waals surface area contributed by atoms with Crippen LogP contribution in [0.4, 0.5) is 9.18 Å². The average Bonchev–Trinajstić information content (AvgIpc) is 3.12. The van der Waals surface area contributed by atoms with E-state index in [4.69, 9.17) is 4.74 Å². The molecule has 0 N–H and O–H groups in total. The first kappa shape index (κ1) is 17.4. The van der Waals surface area contributed by atoms with Crippen LogP contribution in [0.15, 0.2) is 36.4 Å². The maximum Gasteiger partial charge on any atom is 0.409 e. The molecule has 2 aromatic rings. The Balaban J connectivity index is 1.63. The fourth-order valence-corrected chi connectivity index (χ4v) is 3.66. The van der Waals surface area contributed by atoms with Gasteiger partial charge in [0.25, 0.3) is 5.91 Å². The van der Waals surface area contributed by atoms with Crippen LogP contribution in [0.5, 0.6) is 0 Å². The lowest BCUT2D eigenvalue weighted by atomic mass is 10.2. The molecule has 0 saturated carbocycles. The minimum absolute atomic E-state index is 0.0399. The highest BCUT2D eigenvalue weighted by Crippen LogP contribution is 2.29. The fraction of sp³-hybridized carbons (Fsp3) is 0.333. The van der Waals surface area contributed by atoms with Gasteiger partial charge in [-0.15, -0.1) is 11.3 Å². The van der Waals surface area contributed by atoms with Crippen molar-refractivity contribution in [1.82, 2.24) is 9.80 Å². The number of benzene rings is 1. The number of hydrogen-bond donors (Lipinski definition) is 0. The standard InChI is InChI=1S/C18H19FN2O3S/c1-2-24-18(23)21-11-9-20(10-12-21)17(22)16-8-7-15(25-16)13-3-5-14(19)6-4-13/h3-8H,2,9-12H2,1H3. The van der Waals surface area contributed by atoms with E-state index in [9.17, 15) is 14.0 Å². The van der Waals surface area contributed by atoms with Gasteiger partial charge in [-0.1, -0.05) is 12.1 Å². The molecule has 132 valence electrons. The number of ether oxygens (including phenoxy) is 1. The summed E-state index contributed by atoms with van der Waals surface area (Å²) in [7, 11) is 0. The zero-order valence-electron chi connectivity index (χ0n) is 13.9. The van der Waals surface area contributed by atoms with Crippen molar-refractivity contribution >= 4 is 23.3 Å². The Bertz CT molecular complexity index is 752. The molecule has 7 heteroatoms. The Morgan fingerprint density at radius 3 is 2.32 bits per heavy atom. The lowest BCUT2D eigenvalue weighted by Gasteiger charge is -2.33. The van der Waals surface area contributed by atoms with Crippen molar-refractivity contribution in [3.63, 3.8) is 0 Å². The van der Waals surface area contributed by atoms with Gasteiger partial charge in [-0.3, -0.25) is 4.79 Å². The van der Waals surface area contributed by atoms with Gasteiger partial charge in [-0.2, -0.15) is 0 Å². The highest BCUT2D eigenvalue weighted by Gasteiger charge is 2.26. The predicted molar refractivity (Wildman–Crippen MR) is 94.2 cm³/mol. The molecule has 2 amide bonds. The van der Waals surface area contributed by atoms with Crippen molar-refractivity contribution in [2.75, 3.05) is 32.8 Å². The van der Waals surface area contributed by atoms with Crippen molar-refractivity contribution < 1.29 is 18.7 Å². The van der Waals surface area contributed by atoms with Crippen molar-refractivity contribution in [2.45, 2.75) is 6.92 Å². The summed E-state index contributed by atoms with van der Waals surface area (Å²) in [5, 5.41) is 0. The molecule has 1 aromatic carbocycles. The van der Waals surface area contributed by atoms with E-state index in [0.29, 0.717) is 37.7 Å². The van der Waals surface area contributed by atoms with E-state index in [1.165, 1.54) is 23.5 Å². The molecule has 0 atom stereocenters. The molecule has 3 rings (SSSR count). The van der Waals surface area contributed by atoms with Gasteiger partial charge >= 0.3 is 6.09 Å². The molecular formula is C18H19FN2O3S. The van der Waals surface area contributed by atoms with Gasteiger partial charge in [0.1, 0.15) is 5.82 Å². The van der Waals surface area contributed by atoms with Crippen LogP contribution in [0, 0.1) is 5.82 Å². The SMILES string of the molecule is CCOC(=O)N1CCN(C(=O)c2ccc(-c3ccc(F)cc3)s2)CC1. The number of carbonyl (C=O) groups is 2. The van der Waals surface area contributed by atoms with E-state index < -0.39 is 0 Å². The van der Waals surface area contributed by atoms with Gasteiger partial charge < -0.3 is 14.5 Å². The van der Waals surface area contributed by atoms with Gasteiger partial charge in [0, 0.05) is 31.1 Å². The number of thiophene rings is 1. The van der Waals surface area contributed by atoms with Crippen molar-refractivity contribution in [3.8, 4) is 10.4 Å². The topological polar surface area (TPSA) is 49.9 Å². The van der Waals surface area contributed by atoms with E-state index in [1.54, 1.807) is 34.9 Å². The first-order chi connectivity index (χ1) is 12.1. The van der Waals surface area contributed by atoms with Crippen molar-refractivity contribution in [3.05, 3.63) is 47.1 Å². The first-order valence-electron chi connectivity index (χ1n) is 8.15. The first-order valence-corrected chi connectivity index (χ1v) is 8.97. The molecule has 25 heavy (non-hydrogen) atoms. The lowest BCUT2D eigenvalue weighted by molar-refractivity contribution is 0.0574. The van der Waals surface area contributed by atoms with Crippen LogP contribution in [0.1, 0.15) is 16.6 Å². The summed E-state index contributed by atoms with van der Waals surface area (Å²) < 4.78 is 18.0. The minimum Gasteiger partial charge on any atom is -0.450 e. The molecule has 1 fully saturated rings. The Kier molecular flexibility index (Phi) is 5.33. The van der Waals surface area contributed by atoms with Gasteiger partial charge in [-0.25, -0.2) is 9.18 Å². The lowest BCUT2D eigenvalue weighted by Crippen LogP contribution is -2.50. The highest BCUT2D eigenvalue weighted by molar-refractivity contribution is 7.17. The molecular weight excluding hydrogens is 343 g/mol. The summed E-state index contributed by atoms with van der Waals surface area (Å²) in [6, 6.07) is 9.89. The number of amides is 2. The van der Waals surface area contributed by atoms with Crippen LogP contribution < -0.4 is 0 Å². The van der Waals surface area contributed by atoms with E-state index in [-0.39, 0.29) is 17.8 Å². The van der Waals surface area contributed by atoms with Crippen LogP contribution in [0.25, 0.3) is 10.4 Å². The Morgan fingerprint density at radius 2 is 1.68 bits per heavy atom. The summed E-state index contributed by atoms with van der Waals surface area (Å²) in [6.07, 6.45) is -0.329. The summed E-state index contributed by atoms with van der Waals surface area (Å²) in [5.41, 5.74) is 0.887. The highest BCUT2D eigenvalue weighted by atomic mass is 32.1. The third-order valence-electron chi connectivity index (χ3n) is 4.04. The summed E-state index contributed by atoms with van der Waals surface area (Å²) >= 11 is 1.39. The summed E-state index contributed by atoms with van der Waals surface area (Å²) in [6.45, 7) is 4.04. The molecule has 0 unspecified atom stereocenters. The third kappa shape index (κ3) is 3.99. The van der Waals surface area contributed by atoms with Crippen LogP contribution >= 0.6 is 11.3 Å². The Hall–Kier alpha value is -2.41. The molecule has 2 heterocycles. The second-order valence-electron chi connectivity index (χ2n) is 5.65. The van der Waals surface area contributed by atoms with Crippen molar-refractivity contribution in [2.24, 2.45) is 0 Å². The Morgan fingerprint density at radius 1 is 1.04 bits per heavy atom. The smallest absolute Gasteiger partial charge is 0.409 e. The quantitative estimate of drug-likeness (QED) is 0.840. The molecule has 0 spiro atoms. The minimum atomic E-state index is -0.329. The summed E-state index contributed by atoms with van der Waals surface area (Å²) in [4.78, 5) is 29.3. The third-order valence-corrected chi connectivity index (χ3v) is 5.16. The van der Waals surface area contributed by atoms with E-state index >= 15 is 0 Å². The average molecular weight is 362 g/mol. The van der Waals surface area contributed by atoms with Crippen molar-refractivity contribution in [1.29, 1.82) is 0 Å². The second kappa shape index (κ2) is 7.65. The monoisotopic (exact) mass is 362 g/mol. The zero-order chi connectivity index (χ0) is 17.8. The van der Waals surface area contributed by atoms with Crippen LogP contribution in [0.2, 0.25) is 0 Å². The number of halogens is 1. The van der Waals surface area contributed by atoms with Crippen LogP contribution in [0.3, 0.4) is 0 Å². The molecule has 5 nitrogen and oxygen atoms in total. The van der Waals surface area contributed by atoms with Gasteiger partial charge in [0.2, 0.25) is 0 Å². The van der Waals surface area contributed by atoms with Crippen LogP contribution in [-0.4, -0.2) is 54.6 Å². The second-order valence-corrected chi connectivity index (χ2v) is 6.73. The summed E-state index contributed by atoms with van der Waals surface area (Å²) in [5.74, 6) is -0.321. The molecule has 0 aliphatic carbocycles. The maximum absolute atomic E-state index is 13.0. The molecule has 1 aromatic heterocycles. The maximum atomic E-state index is 13.0. The molecule has 1 aliphatic heterocycles. The molecule has 1 aliphatic rings. The van der Waals surface area contributed by atoms with Gasteiger partial charge in [-0.05, 0) is 36.8 Å². The van der Waals surface area contributed by atoms with E-state index in [2.05, 4.69) is 0 Å². The molecule has 1 saturated heterocycles. The number of hydrogen-bond acceptors (Lipinski definition) is 4.